The van der Waals surface area contributed by atoms with E-state index >= 15 is 0 Å². The summed E-state index contributed by atoms with van der Waals surface area (Å²) in [5.74, 6) is 0. The molecule has 0 atom stereocenters. The van der Waals surface area contributed by atoms with Crippen molar-refractivity contribution >= 4 is 32.9 Å². The first kappa shape index (κ1) is 12.9. The van der Waals surface area contributed by atoms with Crippen LogP contribution in [0.5, 0.6) is 0 Å². The maximum atomic E-state index is 11.6. The number of aromatic nitrogens is 1. The number of halogens is 1. The van der Waals surface area contributed by atoms with Gasteiger partial charge in [-0.25, -0.2) is 9.36 Å². The Hall–Kier alpha value is -2.07. The van der Waals surface area contributed by atoms with E-state index in [2.05, 4.69) is 15.9 Å². The smallest absolute Gasteiger partial charge is 0.416 e. The predicted molar refractivity (Wildman–Crippen MR) is 83.2 cm³/mol. The highest BCUT2D eigenvalue weighted by molar-refractivity contribution is 9.10. The molecule has 0 unspecified atom stereocenters. The molecule has 3 nitrogen and oxygen atoms in total. The molecule has 1 N–H and O–H groups in total. The summed E-state index contributed by atoms with van der Waals surface area (Å²) in [5.41, 5.74) is 3.37. The van der Waals surface area contributed by atoms with Gasteiger partial charge in [-0.3, -0.25) is 0 Å². The van der Waals surface area contributed by atoms with Crippen LogP contribution in [-0.4, -0.2) is 15.8 Å². The van der Waals surface area contributed by atoms with Crippen LogP contribution < -0.4 is 0 Å². The molecule has 0 radical (unpaired) electrons. The van der Waals surface area contributed by atoms with Gasteiger partial charge >= 0.3 is 6.09 Å². The molecule has 0 aliphatic carbocycles. The lowest BCUT2D eigenvalue weighted by atomic mass is 10.1. The van der Waals surface area contributed by atoms with Crippen LogP contribution in [0.1, 0.15) is 5.56 Å². The first-order chi connectivity index (χ1) is 9.58. The van der Waals surface area contributed by atoms with E-state index in [-0.39, 0.29) is 0 Å². The Morgan fingerprint density at radius 1 is 1.15 bits per heavy atom. The Morgan fingerprint density at radius 2 is 1.90 bits per heavy atom. The summed E-state index contributed by atoms with van der Waals surface area (Å²) < 4.78 is 2.20. The van der Waals surface area contributed by atoms with Crippen molar-refractivity contribution in [1.29, 1.82) is 0 Å². The zero-order valence-corrected chi connectivity index (χ0v) is 12.4. The average molecular weight is 330 g/mol. The molecule has 4 heteroatoms. The topological polar surface area (TPSA) is 42.2 Å². The zero-order valence-electron chi connectivity index (χ0n) is 10.8. The van der Waals surface area contributed by atoms with Gasteiger partial charge in [0.2, 0.25) is 0 Å². The van der Waals surface area contributed by atoms with E-state index in [0.29, 0.717) is 11.2 Å². The minimum absolute atomic E-state index is 0.685. The molecule has 0 saturated heterocycles. The minimum Gasteiger partial charge on any atom is -0.464 e. The van der Waals surface area contributed by atoms with Crippen LogP contribution >= 0.6 is 15.9 Å². The Labute approximate surface area is 124 Å². The molecule has 3 aromatic rings. The fourth-order valence-corrected chi connectivity index (χ4v) is 2.79. The number of nitrogens with zero attached hydrogens (tertiary/aromatic N) is 1. The number of fused-ring (bicyclic) bond motifs is 1. The zero-order chi connectivity index (χ0) is 14.3. The maximum absolute atomic E-state index is 11.6. The molecule has 0 spiro atoms. The van der Waals surface area contributed by atoms with E-state index in [1.807, 2.05) is 55.5 Å². The van der Waals surface area contributed by atoms with Crippen LogP contribution in [-0.2, 0) is 0 Å². The van der Waals surface area contributed by atoms with E-state index in [1.54, 1.807) is 0 Å². The second kappa shape index (κ2) is 4.80. The lowest BCUT2D eigenvalue weighted by Gasteiger charge is -2.08. The molecule has 0 saturated carbocycles. The van der Waals surface area contributed by atoms with E-state index in [1.165, 1.54) is 4.57 Å². The van der Waals surface area contributed by atoms with E-state index < -0.39 is 6.09 Å². The SMILES string of the molecule is Cc1ccccc1-c1cc2ccc(Br)cc2n1C(=O)O. The van der Waals surface area contributed by atoms with Crippen LogP contribution in [0.4, 0.5) is 4.79 Å². The predicted octanol–water partition coefficient (Wildman–Crippen LogP) is 4.91. The van der Waals surface area contributed by atoms with Gasteiger partial charge in [0, 0.05) is 15.4 Å². The number of aryl methyl sites for hydroxylation is 1. The third kappa shape index (κ3) is 2.02. The summed E-state index contributed by atoms with van der Waals surface area (Å²) >= 11 is 3.39. The molecule has 0 amide bonds. The Bertz CT molecular complexity index is 820. The summed E-state index contributed by atoms with van der Waals surface area (Å²) in [4.78, 5) is 11.6. The number of hydrogen-bond acceptors (Lipinski definition) is 1. The molecule has 2 aromatic carbocycles. The Morgan fingerprint density at radius 3 is 2.60 bits per heavy atom. The van der Waals surface area contributed by atoms with Crippen molar-refractivity contribution in [1.82, 2.24) is 4.57 Å². The lowest BCUT2D eigenvalue weighted by Crippen LogP contribution is -2.09. The molecule has 1 aromatic heterocycles. The monoisotopic (exact) mass is 329 g/mol. The summed E-state index contributed by atoms with van der Waals surface area (Å²) in [6.07, 6.45) is -0.976. The number of carboxylic acid groups (broad SMARTS) is 1. The van der Waals surface area contributed by atoms with Crippen molar-refractivity contribution in [3.8, 4) is 11.3 Å². The molecule has 0 bridgehead atoms. The van der Waals surface area contributed by atoms with Crippen molar-refractivity contribution in [3.05, 3.63) is 58.6 Å². The lowest BCUT2D eigenvalue weighted by molar-refractivity contribution is 0.198. The molecule has 0 aliphatic heterocycles. The maximum Gasteiger partial charge on any atom is 0.416 e. The van der Waals surface area contributed by atoms with Gasteiger partial charge in [-0.05, 0) is 30.7 Å². The van der Waals surface area contributed by atoms with Crippen molar-refractivity contribution in [2.75, 3.05) is 0 Å². The normalized spacial score (nSPS) is 10.9. The average Bonchev–Trinajstić information content (AvgIpc) is 2.77. The minimum atomic E-state index is -0.976. The Balaban J connectivity index is 2.39. The molecule has 0 fully saturated rings. The second-order valence-electron chi connectivity index (χ2n) is 4.67. The fraction of sp³-hybridized carbons (Fsp3) is 0.0625. The van der Waals surface area contributed by atoms with Crippen molar-refractivity contribution < 1.29 is 9.90 Å². The summed E-state index contributed by atoms with van der Waals surface area (Å²) in [6.45, 7) is 1.98. The van der Waals surface area contributed by atoms with Gasteiger partial charge in [-0.1, -0.05) is 46.3 Å². The summed E-state index contributed by atoms with van der Waals surface area (Å²) in [7, 11) is 0. The van der Waals surface area contributed by atoms with Crippen LogP contribution in [0.3, 0.4) is 0 Å². The van der Waals surface area contributed by atoms with Gasteiger partial charge in [-0.15, -0.1) is 0 Å². The number of benzene rings is 2. The highest BCUT2D eigenvalue weighted by Gasteiger charge is 2.16. The standard InChI is InChI=1S/C16H12BrNO2/c1-10-4-2-3-5-13(10)15-8-11-6-7-12(17)9-14(11)18(15)16(19)20/h2-9H,1H3,(H,19,20). The van der Waals surface area contributed by atoms with Crippen LogP contribution in [0.25, 0.3) is 22.2 Å². The fourth-order valence-electron chi connectivity index (χ4n) is 2.44. The molecule has 100 valence electrons. The van der Waals surface area contributed by atoms with Gasteiger partial charge in [-0.2, -0.15) is 0 Å². The molecule has 1 heterocycles. The molecule has 20 heavy (non-hydrogen) atoms. The van der Waals surface area contributed by atoms with Gasteiger partial charge in [0.05, 0.1) is 11.2 Å². The highest BCUT2D eigenvalue weighted by Crippen LogP contribution is 2.31. The highest BCUT2D eigenvalue weighted by atomic mass is 79.9. The second-order valence-corrected chi connectivity index (χ2v) is 5.58. The van der Waals surface area contributed by atoms with E-state index in [9.17, 15) is 9.90 Å². The number of carbonyl (C=O) groups is 1. The summed E-state index contributed by atoms with van der Waals surface area (Å²) in [6, 6.07) is 15.4. The largest absolute Gasteiger partial charge is 0.464 e. The summed E-state index contributed by atoms with van der Waals surface area (Å²) in [5, 5.41) is 10.5. The van der Waals surface area contributed by atoms with Crippen LogP contribution in [0.15, 0.2) is 53.0 Å². The number of hydrogen-bond donors (Lipinski definition) is 1. The quantitative estimate of drug-likeness (QED) is 0.689. The molecule has 0 aliphatic rings. The first-order valence-corrected chi connectivity index (χ1v) is 6.97. The van der Waals surface area contributed by atoms with Gasteiger partial charge < -0.3 is 5.11 Å². The van der Waals surface area contributed by atoms with Crippen molar-refractivity contribution in [2.45, 2.75) is 6.92 Å². The molecule has 3 rings (SSSR count). The third-order valence-electron chi connectivity index (χ3n) is 3.38. The van der Waals surface area contributed by atoms with Gasteiger partial charge in [0.15, 0.2) is 0 Å². The Kier molecular flexibility index (Phi) is 3.10. The van der Waals surface area contributed by atoms with E-state index in [4.69, 9.17) is 0 Å². The van der Waals surface area contributed by atoms with E-state index in [0.717, 1.165) is 21.0 Å². The third-order valence-corrected chi connectivity index (χ3v) is 3.87. The van der Waals surface area contributed by atoms with Crippen LogP contribution in [0, 0.1) is 6.92 Å². The van der Waals surface area contributed by atoms with Crippen molar-refractivity contribution in [3.63, 3.8) is 0 Å². The first-order valence-electron chi connectivity index (χ1n) is 6.18. The van der Waals surface area contributed by atoms with Crippen molar-refractivity contribution in [2.24, 2.45) is 0 Å². The molecular formula is C16H12BrNO2. The molecular weight excluding hydrogens is 318 g/mol. The van der Waals surface area contributed by atoms with Crippen LogP contribution in [0.2, 0.25) is 0 Å². The van der Waals surface area contributed by atoms with Gasteiger partial charge in [0.25, 0.3) is 0 Å². The van der Waals surface area contributed by atoms with Gasteiger partial charge in [0.1, 0.15) is 0 Å². The number of rotatable bonds is 1.